The number of carbonyl (C=O) groups excluding carboxylic acids is 4. The van der Waals surface area contributed by atoms with Crippen LogP contribution in [0.15, 0.2) is 85.1 Å². The summed E-state index contributed by atoms with van der Waals surface area (Å²) in [5, 5.41) is 11.4. The van der Waals surface area contributed by atoms with Crippen LogP contribution in [0.2, 0.25) is 0 Å². The molecule has 1 aliphatic heterocycles. The Labute approximate surface area is 311 Å². The van der Waals surface area contributed by atoms with Gasteiger partial charge in [0.25, 0.3) is 11.8 Å². The molecule has 3 aromatic carbocycles. The number of nitrogens with zero attached hydrogens (tertiary/aromatic N) is 2. The van der Waals surface area contributed by atoms with E-state index in [0.29, 0.717) is 33.6 Å². The van der Waals surface area contributed by atoms with Crippen LogP contribution in [0.3, 0.4) is 0 Å². The average molecular weight is 745 g/mol. The van der Waals surface area contributed by atoms with Gasteiger partial charge in [-0.05, 0) is 99.0 Å². The second-order valence-corrected chi connectivity index (χ2v) is 12.7. The molecule has 1 aromatic heterocycles. The summed E-state index contributed by atoms with van der Waals surface area (Å²) in [5.74, 6) is -1.56. The summed E-state index contributed by atoms with van der Waals surface area (Å²) in [5.41, 5.74) is 2.94. The number of rotatable bonds is 15. The summed E-state index contributed by atoms with van der Waals surface area (Å²) >= 11 is 0. The van der Waals surface area contributed by atoms with Gasteiger partial charge in [-0.2, -0.15) is 13.2 Å². The topological polar surface area (TPSA) is 142 Å². The second kappa shape index (κ2) is 18.3. The van der Waals surface area contributed by atoms with Gasteiger partial charge in [0, 0.05) is 48.2 Å². The molecule has 1 saturated heterocycles. The van der Waals surface area contributed by atoms with Crippen LogP contribution in [0, 0.1) is 0 Å². The van der Waals surface area contributed by atoms with Gasteiger partial charge < -0.3 is 30.9 Å². The van der Waals surface area contributed by atoms with Crippen molar-refractivity contribution in [2.45, 2.75) is 51.9 Å². The number of aromatic nitrogens is 1. The van der Waals surface area contributed by atoms with Crippen LogP contribution in [0.4, 0.5) is 24.5 Å². The minimum atomic E-state index is -4.50. The molecule has 1 unspecified atom stereocenters. The molecule has 0 spiro atoms. The number of hydrogen-bond acceptors (Lipinski definition) is 8. The Morgan fingerprint density at radius 2 is 1.63 bits per heavy atom. The Balaban J connectivity index is 1.26. The molecule has 2 heterocycles. The number of esters is 1. The quantitative estimate of drug-likeness (QED) is 0.0892. The third-order valence-corrected chi connectivity index (χ3v) is 8.94. The van der Waals surface area contributed by atoms with Crippen molar-refractivity contribution in [3.8, 4) is 11.3 Å². The molecule has 4 aromatic rings. The number of ether oxygens (including phenoxy) is 1. The van der Waals surface area contributed by atoms with Gasteiger partial charge in [0.05, 0.1) is 29.9 Å². The standard InChI is InChI=1S/C40H43F3N6O5/c1-3-49(4-2)31-13-14-33(32(24-31)35-23-29(15-17-45-35)38(52)47-25-27-9-6-11-30(21-27)40(41,42)43)48-36(50)22-26-8-5-10-28(20-26)37(51)46-18-19-54-39(53)34-12-7-16-44-34/h5-6,8-11,13-15,17,20-21,23-24,34,44H,3-4,7,12,16,18-19,22,25H2,1-2H3,(H,46,51)(H,47,52)(H,48,50). The van der Waals surface area contributed by atoms with Crippen LogP contribution < -0.4 is 26.2 Å². The molecule has 0 bridgehead atoms. The number of anilines is 2. The largest absolute Gasteiger partial charge is 0.463 e. The maximum Gasteiger partial charge on any atom is 0.416 e. The Hall–Kier alpha value is -5.76. The number of pyridine rings is 1. The molecule has 3 amide bonds. The molecule has 0 aliphatic carbocycles. The van der Waals surface area contributed by atoms with Crippen molar-refractivity contribution in [3.63, 3.8) is 0 Å². The van der Waals surface area contributed by atoms with Gasteiger partial charge >= 0.3 is 12.1 Å². The highest BCUT2D eigenvalue weighted by Gasteiger charge is 2.30. The molecule has 54 heavy (non-hydrogen) atoms. The van der Waals surface area contributed by atoms with Crippen LogP contribution in [0.1, 0.15) is 64.1 Å². The van der Waals surface area contributed by atoms with Crippen molar-refractivity contribution in [1.29, 1.82) is 0 Å². The van der Waals surface area contributed by atoms with Crippen molar-refractivity contribution in [2.24, 2.45) is 0 Å². The van der Waals surface area contributed by atoms with Crippen molar-refractivity contribution in [1.82, 2.24) is 20.9 Å². The molecular weight excluding hydrogens is 701 g/mol. The van der Waals surface area contributed by atoms with E-state index in [2.05, 4.69) is 31.2 Å². The minimum Gasteiger partial charge on any atom is -0.463 e. The monoisotopic (exact) mass is 744 g/mol. The summed E-state index contributed by atoms with van der Waals surface area (Å²) in [6, 6.07) is 19.7. The summed E-state index contributed by atoms with van der Waals surface area (Å²) < 4.78 is 44.8. The average Bonchev–Trinajstić information content (AvgIpc) is 3.72. The Kier molecular flexibility index (Phi) is 13.4. The van der Waals surface area contributed by atoms with Gasteiger partial charge in [0.15, 0.2) is 0 Å². The molecular formula is C40H43F3N6O5. The molecule has 0 saturated carbocycles. The van der Waals surface area contributed by atoms with Crippen molar-refractivity contribution < 1.29 is 37.1 Å². The smallest absolute Gasteiger partial charge is 0.416 e. The molecule has 4 N–H and O–H groups in total. The Morgan fingerprint density at radius 3 is 2.37 bits per heavy atom. The molecule has 11 nitrogen and oxygen atoms in total. The van der Waals surface area contributed by atoms with E-state index in [-0.39, 0.29) is 55.5 Å². The van der Waals surface area contributed by atoms with E-state index in [1.165, 1.54) is 24.4 Å². The highest BCUT2D eigenvalue weighted by Crippen LogP contribution is 2.32. The number of nitrogens with one attached hydrogen (secondary N) is 4. The van der Waals surface area contributed by atoms with E-state index in [4.69, 9.17) is 4.74 Å². The van der Waals surface area contributed by atoms with Crippen molar-refractivity contribution in [3.05, 3.63) is 113 Å². The zero-order chi connectivity index (χ0) is 38.7. The van der Waals surface area contributed by atoms with E-state index < -0.39 is 17.6 Å². The first-order chi connectivity index (χ1) is 25.9. The highest BCUT2D eigenvalue weighted by atomic mass is 19.4. The van der Waals surface area contributed by atoms with Crippen LogP contribution in [0.5, 0.6) is 0 Å². The zero-order valence-electron chi connectivity index (χ0n) is 30.1. The van der Waals surface area contributed by atoms with Gasteiger partial charge in [-0.25, -0.2) is 0 Å². The fraction of sp³-hybridized carbons (Fsp3) is 0.325. The third-order valence-electron chi connectivity index (χ3n) is 8.94. The molecule has 1 atom stereocenters. The predicted molar refractivity (Wildman–Crippen MR) is 199 cm³/mol. The first-order valence-corrected chi connectivity index (χ1v) is 17.8. The number of hydrogen-bond donors (Lipinski definition) is 4. The number of halogens is 3. The van der Waals surface area contributed by atoms with Gasteiger partial charge in [0.1, 0.15) is 12.6 Å². The van der Waals surface area contributed by atoms with Gasteiger partial charge in [0.2, 0.25) is 5.91 Å². The summed E-state index contributed by atoms with van der Waals surface area (Å²) in [6.45, 7) is 6.33. The lowest BCUT2D eigenvalue weighted by atomic mass is 10.0. The summed E-state index contributed by atoms with van der Waals surface area (Å²) in [4.78, 5) is 58.1. The first kappa shape index (κ1) is 39.4. The lowest BCUT2D eigenvalue weighted by Gasteiger charge is -2.23. The Bertz CT molecular complexity index is 1960. The summed E-state index contributed by atoms with van der Waals surface area (Å²) in [7, 11) is 0. The molecule has 1 fully saturated rings. The minimum absolute atomic E-state index is 0.0441. The third kappa shape index (κ3) is 10.7. The van der Waals surface area contributed by atoms with Crippen molar-refractivity contribution in [2.75, 3.05) is 43.0 Å². The van der Waals surface area contributed by atoms with Crippen LogP contribution in [-0.4, -0.2) is 67.5 Å². The molecule has 1 aliphatic rings. The van der Waals surface area contributed by atoms with Crippen LogP contribution in [-0.2, 0) is 33.5 Å². The number of carbonyl (C=O) groups is 4. The Morgan fingerprint density at radius 1 is 0.889 bits per heavy atom. The van der Waals surface area contributed by atoms with E-state index in [1.54, 1.807) is 36.4 Å². The number of alkyl halides is 3. The lowest BCUT2D eigenvalue weighted by Crippen LogP contribution is -2.35. The van der Waals surface area contributed by atoms with E-state index >= 15 is 0 Å². The van der Waals surface area contributed by atoms with E-state index in [1.807, 2.05) is 26.0 Å². The van der Waals surface area contributed by atoms with Crippen LogP contribution >= 0.6 is 0 Å². The molecule has 0 radical (unpaired) electrons. The maximum atomic E-state index is 13.4. The number of benzene rings is 3. The first-order valence-electron chi connectivity index (χ1n) is 17.8. The molecule has 284 valence electrons. The van der Waals surface area contributed by atoms with E-state index in [9.17, 15) is 32.3 Å². The molecule has 5 rings (SSSR count). The maximum absolute atomic E-state index is 13.4. The fourth-order valence-electron chi connectivity index (χ4n) is 6.11. The van der Waals surface area contributed by atoms with Gasteiger partial charge in [-0.3, -0.25) is 24.2 Å². The zero-order valence-corrected chi connectivity index (χ0v) is 30.1. The summed E-state index contributed by atoms with van der Waals surface area (Å²) in [6.07, 6.45) is -1.44. The highest BCUT2D eigenvalue weighted by molar-refractivity contribution is 5.99. The predicted octanol–water partition coefficient (Wildman–Crippen LogP) is 5.75. The van der Waals surface area contributed by atoms with Gasteiger partial charge in [-0.1, -0.05) is 24.3 Å². The van der Waals surface area contributed by atoms with Crippen molar-refractivity contribution >= 4 is 35.1 Å². The molecule has 14 heteroatoms. The number of amides is 3. The second-order valence-electron chi connectivity index (χ2n) is 12.7. The van der Waals surface area contributed by atoms with Gasteiger partial charge in [-0.15, -0.1) is 0 Å². The van der Waals surface area contributed by atoms with Crippen LogP contribution in [0.25, 0.3) is 11.3 Å². The SMILES string of the molecule is CCN(CC)c1ccc(NC(=O)Cc2cccc(C(=O)NCCOC(=O)C3CCCN3)c2)c(-c2cc(C(=O)NCc3cccc(C(F)(F)F)c3)ccn2)c1. The fourth-order valence-corrected chi connectivity index (χ4v) is 6.11. The van der Waals surface area contributed by atoms with E-state index in [0.717, 1.165) is 50.3 Å². The lowest BCUT2D eigenvalue weighted by molar-refractivity contribution is -0.145. The normalized spacial score (nSPS) is 13.9.